The van der Waals surface area contributed by atoms with Crippen LogP contribution in [0.2, 0.25) is 0 Å². The third kappa shape index (κ3) is 3.41. The largest absolute Gasteiger partial charge is 0.494 e. The van der Waals surface area contributed by atoms with Gasteiger partial charge in [0, 0.05) is 13.0 Å². The first-order chi connectivity index (χ1) is 10.8. The molecule has 0 bridgehead atoms. The summed E-state index contributed by atoms with van der Waals surface area (Å²) in [5.74, 6) is 0.562. The van der Waals surface area contributed by atoms with Gasteiger partial charge in [0.25, 0.3) is 0 Å². The van der Waals surface area contributed by atoms with E-state index in [1.165, 1.54) is 19.6 Å². The number of methoxy groups -OCH3 is 1. The summed E-state index contributed by atoms with van der Waals surface area (Å²) in [4.78, 5) is 0. The van der Waals surface area contributed by atoms with Crippen molar-refractivity contribution < 1.29 is 13.9 Å². The summed E-state index contributed by atoms with van der Waals surface area (Å²) in [6, 6.07) is 4.88. The van der Waals surface area contributed by atoms with Gasteiger partial charge in [-0.1, -0.05) is 6.07 Å². The molecule has 0 saturated carbocycles. The van der Waals surface area contributed by atoms with E-state index in [1.807, 2.05) is 6.07 Å². The van der Waals surface area contributed by atoms with Crippen LogP contribution in [0, 0.1) is 5.82 Å². The predicted molar refractivity (Wildman–Crippen MR) is 77.2 cm³/mol. The van der Waals surface area contributed by atoms with Crippen molar-refractivity contribution in [3.8, 4) is 5.75 Å². The van der Waals surface area contributed by atoms with Crippen molar-refractivity contribution in [1.82, 2.24) is 20.2 Å². The molecule has 0 aliphatic carbocycles. The van der Waals surface area contributed by atoms with E-state index in [0.717, 1.165) is 25.0 Å². The molecule has 1 unspecified atom stereocenters. The summed E-state index contributed by atoms with van der Waals surface area (Å²) in [6.07, 6.45) is 3.94. The molecule has 1 aromatic carbocycles. The van der Waals surface area contributed by atoms with Gasteiger partial charge in [-0.25, -0.2) is 9.07 Å². The lowest BCUT2D eigenvalue weighted by atomic mass is 10.1. The molecule has 0 amide bonds. The zero-order valence-electron chi connectivity index (χ0n) is 12.5. The lowest BCUT2D eigenvalue weighted by Gasteiger charge is -2.22. The van der Waals surface area contributed by atoms with E-state index in [2.05, 4.69) is 15.5 Å². The molecule has 7 heteroatoms. The maximum Gasteiger partial charge on any atom is 0.165 e. The highest BCUT2D eigenvalue weighted by Crippen LogP contribution is 2.20. The van der Waals surface area contributed by atoms with Crippen LogP contribution in [-0.2, 0) is 17.7 Å². The second-order valence-electron chi connectivity index (χ2n) is 5.41. The first-order valence-electron chi connectivity index (χ1n) is 7.45. The number of ether oxygens (including phenoxy) is 2. The first kappa shape index (κ1) is 14.9. The third-order valence-corrected chi connectivity index (χ3v) is 3.84. The van der Waals surface area contributed by atoms with Gasteiger partial charge in [-0.2, -0.15) is 0 Å². The Balaban J connectivity index is 1.70. The fraction of sp³-hybridized carbons (Fsp3) is 0.533. The smallest absolute Gasteiger partial charge is 0.165 e. The van der Waals surface area contributed by atoms with Crippen LogP contribution in [-0.4, -0.2) is 40.0 Å². The van der Waals surface area contributed by atoms with Gasteiger partial charge in [-0.15, -0.1) is 5.10 Å². The van der Waals surface area contributed by atoms with Crippen molar-refractivity contribution in [2.45, 2.75) is 38.3 Å². The van der Waals surface area contributed by atoms with Gasteiger partial charge in [0.1, 0.15) is 0 Å². The Morgan fingerprint density at radius 1 is 1.41 bits per heavy atom. The summed E-state index contributed by atoms with van der Waals surface area (Å²) < 4.78 is 26.1. The van der Waals surface area contributed by atoms with Gasteiger partial charge in [0.05, 0.1) is 19.8 Å². The summed E-state index contributed by atoms with van der Waals surface area (Å²) in [6.45, 7) is 1.44. The third-order valence-electron chi connectivity index (χ3n) is 3.84. The lowest BCUT2D eigenvalue weighted by molar-refractivity contribution is 0.00324. The molecule has 118 valence electrons. The minimum atomic E-state index is -0.380. The van der Waals surface area contributed by atoms with Gasteiger partial charge >= 0.3 is 0 Å². The quantitative estimate of drug-likeness (QED) is 0.845. The van der Waals surface area contributed by atoms with Crippen LogP contribution in [0.5, 0.6) is 5.75 Å². The van der Waals surface area contributed by atoms with Gasteiger partial charge in [-0.3, -0.25) is 0 Å². The fourth-order valence-corrected chi connectivity index (χ4v) is 2.64. The molecule has 1 fully saturated rings. The molecule has 1 aliphatic heterocycles. The Kier molecular flexibility index (Phi) is 4.62. The second kappa shape index (κ2) is 6.83. The molecule has 1 saturated heterocycles. The average Bonchev–Trinajstić information content (AvgIpc) is 2.95. The summed E-state index contributed by atoms with van der Waals surface area (Å²) in [5, 5.41) is 11.8. The number of aromatic nitrogens is 4. The Morgan fingerprint density at radius 3 is 3.05 bits per heavy atom. The molecular weight excluding hydrogens is 287 g/mol. The molecule has 3 rings (SSSR count). The predicted octanol–water partition coefficient (Wildman–Crippen LogP) is 1.98. The van der Waals surface area contributed by atoms with E-state index in [-0.39, 0.29) is 17.7 Å². The molecule has 22 heavy (non-hydrogen) atoms. The van der Waals surface area contributed by atoms with E-state index >= 15 is 0 Å². The summed E-state index contributed by atoms with van der Waals surface area (Å²) in [7, 11) is 1.45. The molecule has 2 aromatic rings. The van der Waals surface area contributed by atoms with Crippen LogP contribution in [0.25, 0.3) is 0 Å². The minimum absolute atomic E-state index is 0.156. The van der Waals surface area contributed by atoms with Gasteiger partial charge < -0.3 is 9.47 Å². The topological polar surface area (TPSA) is 62.1 Å². The van der Waals surface area contributed by atoms with Gasteiger partial charge in [0.15, 0.2) is 17.4 Å². The van der Waals surface area contributed by atoms with E-state index in [0.29, 0.717) is 18.8 Å². The maximum atomic E-state index is 13.7. The van der Waals surface area contributed by atoms with Crippen LogP contribution in [0.1, 0.15) is 30.7 Å². The van der Waals surface area contributed by atoms with Crippen molar-refractivity contribution in [2.75, 3.05) is 13.7 Å². The van der Waals surface area contributed by atoms with Crippen molar-refractivity contribution in [1.29, 1.82) is 0 Å². The van der Waals surface area contributed by atoms with Gasteiger partial charge in [-0.05, 0) is 47.4 Å². The molecule has 1 atom stereocenters. The fourth-order valence-electron chi connectivity index (χ4n) is 2.64. The Hall–Kier alpha value is -2.02. The molecular formula is C15H19FN4O2. The van der Waals surface area contributed by atoms with E-state index in [1.54, 1.807) is 10.7 Å². The van der Waals surface area contributed by atoms with Crippen molar-refractivity contribution in [3.63, 3.8) is 0 Å². The Labute approximate surface area is 128 Å². The first-order valence-corrected chi connectivity index (χ1v) is 7.45. The molecule has 6 nitrogen and oxygen atoms in total. The highest BCUT2D eigenvalue weighted by Gasteiger charge is 2.17. The van der Waals surface area contributed by atoms with E-state index < -0.39 is 0 Å². The second-order valence-corrected chi connectivity index (χ2v) is 5.41. The van der Waals surface area contributed by atoms with Crippen LogP contribution in [0.4, 0.5) is 4.39 Å². The lowest BCUT2D eigenvalue weighted by Crippen LogP contribution is -2.26. The number of halogens is 1. The standard InChI is InChI=1S/C15H19FN4O2/c1-21-14-6-5-11(8-13(14)16)9-15-17-18-19-20(15)10-12-4-2-3-7-22-12/h5-6,8,12H,2-4,7,9-10H2,1H3. The number of tetrazole rings is 1. The number of nitrogens with zero attached hydrogens (tertiary/aromatic N) is 4. The highest BCUT2D eigenvalue weighted by atomic mass is 19.1. The highest BCUT2D eigenvalue weighted by molar-refractivity contribution is 5.30. The zero-order chi connectivity index (χ0) is 15.4. The van der Waals surface area contributed by atoms with Gasteiger partial charge in [0.2, 0.25) is 0 Å². The average molecular weight is 306 g/mol. The number of hydrogen-bond acceptors (Lipinski definition) is 5. The van der Waals surface area contributed by atoms with E-state index in [9.17, 15) is 4.39 Å². The van der Waals surface area contributed by atoms with Crippen molar-refractivity contribution >= 4 is 0 Å². The molecule has 0 spiro atoms. The minimum Gasteiger partial charge on any atom is -0.494 e. The zero-order valence-corrected chi connectivity index (χ0v) is 12.5. The number of rotatable bonds is 5. The normalized spacial score (nSPS) is 18.4. The van der Waals surface area contributed by atoms with Crippen LogP contribution in [0.3, 0.4) is 0 Å². The molecule has 1 aliphatic rings. The van der Waals surface area contributed by atoms with E-state index in [4.69, 9.17) is 9.47 Å². The van der Waals surface area contributed by atoms with Crippen molar-refractivity contribution in [2.24, 2.45) is 0 Å². The molecule has 0 N–H and O–H groups in total. The Morgan fingerprint density at radius 2 is 2.32 bits per heavy atom. The molecule has 1 aromatic heterocycles. The van der Waals surface area contributed by atoms with Crippen molar-refractivity contribution in [3.05, 3.63) is 35.4 Å². The number of hydrogen-bond donors (Lipinski definition) is 0. The van der Waals surface area contributed by atoms with Crippen LogP contribution < -0.4 is 4.74 Å². The monoisotopic (exact) mass is 306 g/mol. The van der Waals surface area contributed by atoms with Crippen LogP contribution >= 0.6 is 0 Å². The maximum absolute atomic E-state index is 13.7. The summed E-state index contributed by atoms with van der Waals surface area (Å²) in [5.41, 5.74) is 0.805. The number of benzene rings is 1. The summed E-state index contributed by atoms with van der Waals surface area (Å²) >= 11 is 0. The molecule has 2 heterocycles. The van der Waals surface area contributed by atoms with Crippen LogP contribution in [0.15, 0.2) is 18.2 Å². The molecule has 0 radical (unpaired) electrons. The Bertz CT molecular complexity index is 626. The SMILES string of the molecule is COc1ccc(Cc2nnnn2CC2CCCCO2)cc1F.